The Hall–Kier alpha value is -3.29. The van der Waals surface area contributed by atoms with Gasteiger partial charge in [-0.05, 0) is 55.9 Å². The van der Waals surface area contributed by atoms with Crippen LogP contribution < -0.4 is 5.32 Å². The van der Waals surface area contributed by atoms with Crippen LogP contribution in [0.5, 0.6) is 0 Å². The highest BCUT2D eigenvalue weighted by Crippen LogP contribution is 2.40. The first-order valence-corrected chi connectivity index (χ1v) is 9.92. The number of fused-ring (bicyclic) bond motifs is 2. The highest BCUT2D eigenvalue weighted by molar-refractivity contribution is 5.98. The lowest BCUT2D eigenvalue weighted by Crippen LogP contribution is -2.48. The van der Waals surface area contributed by atoms with Gasteiger partial charge in [0.15, 0.2) is 0 Å². The third-order valence-electron chi connectivity index (χ3n) is 5.86. The topological polar surface area (TPSA) is 88.8 Å². The van der Waals surface area contributed by atoms with Crippen LogP contribution in [0.3, 0.4) is 0 Å². The molecule has 8 nitrogen and oxygen atoms in total. The van der Waals surface area contributed by atoms with Crippen molar-refractivity contribution in [3.63, 3.8) is 0 Å². The predicted molar refractivity (Wildman–Crippen MR) is 108 cm³/mol. The Morgan fingerprint density at radius 2 is 1.83 bits per heavy atom. The van der Waals surface area contributed by atoms with Crippen LogP contribution in [-0.2, 0) is 0 Å². The number of hydrogen-bond donors (Lipinski definition) is 1. The van der Waals surface area contributed by atoms with Crippen LogP contribution in [0.2, 0.25) is 0 Å². The normalized spacial score (nSPS) is 22.8. The highest BCUT2D eigenvalue weighted by Gasteiger charge is 2.47. The molecule has 0 radical (unpaired) electrons. The van der Waals surface area contributed by atoms with Crippen molar-refractivity contribution >= 4 is 11.9 Å². The molecule has 3 unspecified atom stereocenters. The number of nitrogens with one attached hydrogen (secondary N) is 1. The molecule has 1 saturated carbocycles. The van der Waals surface area contributed by atoms with Gasteiger partial charge in [0.2, 0.25) is 5.95 Å². The molecule has 1 saturated heterocycles. The molecule has 1 amide bonds. The first kappa shape index (κ1) is 17.8. The molecule has 2 bridgehead atoms. The van der Waals surface area contributed by atoms with E-state index in [9.17, 15) is 4.79 Å². The molecule has 0 spiro atoms. The van der Waals surface area contributed by atoms with E-state index in [0.29, 0.717) is 23.1 Å². The number of aromatic nitrogens is 5. The molecule has 2 aliphatic rings. The van der Waals surface area contributed by atoms with Gasteiger partial charge in [0, 0.05) is 25.0 Å². The number of aryl methyl sites for hydroxylation is 2. The van der Waals surface area contributed by atoms with Crippen LogP contribution in [-0.4, -0.2) is 54.4 Å². The van der Waals surface area contributed by atoms with E-state index in [0.717, 1.165) is 30.5 Å². The number of nitrogens with zero attached hydrogens (tertiary/aromatic N) is 6. The Bertz CT molecular complexity index is 1030. The molecule has 2 aromatic heterocycles. The Morgan fingerprint density at radius 1 is 1.07 bits per heavy atom. The van der Waals surface area contributed by atoms with Gasteiger partial charge in [-0.1, -0.05) is 6.07 Å². The van der Waals surface area contributed by atoms with Crippen molar-refractivity contribution in [3.8, 4) is 5.69 Å². The quantitative estimate of drug-likeness (QED) is 0.737. The summed E-state index contributed by atoms with van der Waals surface area (Å²) in [5.41, 5.74) is 3.44. The zero-order chi connectivity index (χ0) is 20.0. The number of hydrogen-bond acceptors (Lipinski definition) is 6. The molecule has 1 aliphatic carbocycles. The minimum absolute atomic E-state index is 0.0288. The van der Waals surface area contributed by atoms with Crippen LogP contribution in [0, 0.1) is 19.8 Å². The maximum atomic E-state index is 13.5. The Labute approximate surface area is 169 Å². The number of carbonyl (C=O) groups is 1. The van der Waals surface area contributed by atoms with Crippen molar-refractivity contribution in [2.24, 2.45) is 5.92 Å². The van der Waals surface area contributed by atoms with Gasteiger partial charge in [-0.3, -0.25) is 4.79 Å². The molecule has 3 heterocycles. The number of likely N-dealkylation sites (tertiary alicyclic amines) is 1. The molecule has 3 atom stereocenters. The smallest absolute Gasteiger partial charge is 0.256 e. The third kappa shape index (κ3) is 3.24. The summed E-state index contributed by atoms with van der Waals surface area (Å²) in [6.45, 7) is 4.76. The second-order valence-corrected chi connectivity index (χ2v) is 8.04. The predicted octanol–water partition coefficient (Wildman–Crippen LogP) is 2.39. The summed E-state index contributed by atoms with van der Waals surface area (Å²) >= 11 is 0. The maximum absolute atomic E-state index is 13.5. The Morgan fingerprint density at radius 3 is 2.55 bits per heavy atom. The second kappa shape index (κ2) is 6.95. The summed E-state index contributed by atoms with van der Waals surface area (Å²) in [6.07, 6.45) is 8.90. The fourth-order valence-electron chi connectivity index (χ4n) is 4.53. The van der Waals surface area contributed by atoms with E-state index in [4.69, 9.17) is 0 Å². The van der Waals surface area contributed by atoms with Gasteiger partial charge in [0.25, 0.3) is 5.91 Å². The molecule has 1 aliphatic heterocycles. The number of piperidine rings is 1. The summed E-state index contributed by atoms with van der Waals surface area (Å²) in [6, 6.07) is 6.10. The van der Waals surface area contributed by atoms with E-state index in [1.165, 1.54) is 4.80 Å². The van der Waals surface area contributed by atoms with Gasteiger partial charge in [-0.15, -0.1) is 0 Å². The van der Waals surface area contributed by atoms with Gasteiger partial charge in [-0.25, -0.2) is 9.97 Å². The van der Waals surface area contributed by atoms with E-state index in [-0.39, 0.29) is 18.0 Å². The van der Waals surface area contributed by atoms with Crippen molar-refractivity contribution in [1.82, 2.24) is 29.9 Å². The van der Waals surface area contributed by atoms with Crippen LogP contribution >= 0.6 is 0 Å². The molecular weight excluding hydrogens is 366 g/mol. The number of amides is 1. The minimum Gasteiger partial charge on any atom is -0.349 e. The van der Waals surface area contributed by atoms with Crippen LogP contribution in [0.1, 0.15) is 34.3 Å². The molecule has 8 heteroatoms. The number of rotatable bonds is 4. The SMILES string of the molecule is Cc1cnc(NC2CC3CC2N(C(=O)c2ccc(C)cc2-n2nccn2)C3)nc1. The molecule has 1 N–H and O–H groups in total. The van der Waals surface area contributed by atoms with E-state index < -0.39 is 0 Å². The average molecular weight is 389 g/mol. The van der Waals surface area contributed by atoms with E-state index in [2.05, 4.69) is 25.5 Å². The van der Waals surface area contributed by atoms with Crippen molar-refractivity contribution in [2.75, 3.05) is 11.9 Å². The van der Waals surface area contributed by atoms with Crippen molar-refractivity contribution in [2.45, 2.75) is 38.8 Å². The molecule has 2 fully saturated rings. The lowest BCUT2D eigenvalue weighted by molar-refractivity contribution is 0.0691. The summed E-state index contributed by atoms with van der Waals surface area (Å²) in [7, 11) is 0. The number of carbonyl (C=O) groups excluding carboxylic acids is 1. The van der Waals surface area contributed by atoms with Gasteiger partial charge >= 0.3 is 0 Å². The molecular formula is C21H23N7O. The first-order valence-electron chi connectivity index (χ1n) is 9.92. The highest BCUT2D eigenvalue weighted by atomic mass is 16.2. The van der Waals surface area contributed by atoms with E-state index >= 15 is 0 Å². The van der Waals surface area contributed by atoms with Gasteiger partial charge in [0.1, 0.15) is 0 Å². The average Bonchev–Trinajstić information content (AvgIpc) is 3.46. The van der Waals surface area contributed by atoms with Gasteiger partial charge < -0.3 is 10.2 Å². The summed E-state index contributed by atoms with van der Waals surface area (Å²) in [5, 5.41) is 11.9. The van der Waals surface area contributed by atoms with Gasteiger partial charge in [0.05, 0.1) is 29.7 Å². The molecule has 29 heavy (non-hydrogen) atoms. The minimum atomic E-state index is 0.0288. The van der Waals surface area contributed by atoms with E-state index in [1.54, 1.807) is 24.8 Å². The van der Waals surface area contributed by atoms with Crippen molar-refractivity contribution in [1.29, 1.82) is 0 Å². The zero-order valence-electron chi connectivity index (χ0n) is 16.5. The van der Waals surface area contributed by atoms with Crippen LogP contribution in [0.15, 0.2) is 43.0 Å². The molecule has 1 aromatic carbocycles. The lowest BCUT2D eigenvalue weighted by Gasteiger charge is -2.34. The molecule has 148 valence electrons. The zero-order valence-corrected chi connectivity index (χ0v) is 16.5. The Balaban J connectivity index is 1.40. The lowest BCUT2D eigenvalue weighted by atomic mass is 10.0. The second-order valence-electron chi connectivity index (χ2n) is 8.04. The summed E-state index contributed by atoms with van der Waals surface area (Å²) < 4.78 is 0. The summed E-state index contributed by atoms with van der Waals surface area (Å²) in [4.78, 5) is 25.8. The Kier molecular flexibility index (Phi) is 4.26. The first-order chi connectivity index (χ1) is 14.1. The maximum Gasteiger partial charge on any atom is 0.256 e. The largest absolute Gasteiger partial charge is 0.349 e. The van der Waals surface area contributed by atoms with E-state index in [1.807, 2.05) is 36.9 Å². The number of anilines is 1. The summed E-state index contributed by atoms with van der Waals surface area (Å²) in [5.74, 6) is 1.15. The monoisotopic (exact) mass is 389 g/mol. The fourth-order valence-corrected chi connectivity index (χ4v) is 4.53. The van der Waals surface area contributed by atoms with Crippen molar-refractivity contribution < 1.29 is 4.79 Å². The van der Waals surface area contributed by atoms with Gasteiger partial charge in [-0.2, -0.15) is 15.0 Å². The van der Waals surface area contributed by atoms with Crippen LogP contribution in [0.25, 0.3) is 5.69 Å². The third-order valence-corrected chi connectivity index (χ3v) is 5.86. The van der Waals surface area contributed by atoms with Crippen LogP contribution in [0.4, 0.5) is 5.95 Å². The van der Waals surface area contributed by atoms with Crippen molar-refractivity contribution in [3.05, 3.63) is 59.7 Å². The standard InChI is InChI=1S/C21H23N7O/c1-13-3-4-16(18(7-13)28-24-5-6-25-28)20(29)27-12-15-8-17(19(27)9-15)26-21-22-10-14(2)11-23-21/h3-7,10-11,15,17,19H,8-9,12H2,1-2H3,(H,22,23,26). The molecule has 5 rings (SSSR count). The fraction of sp³-hybridized carbons (Fsp3) is 0.381. The number of benzene rings is 1. The molecule has 3 aromatic rings.